The number of benzene rings is 1. The minimum absolute atomic E-state index is 0.0309. The van der Waals surface area contributed by atoms with Gasteiger partial charge in [0.25, 0.3) is 0 Å². The lowest BCUT2D eigenvalue weighted by Crippen LogP contribution is -2.30. The molecule has 10 heteroatoms. The van der Waals surface area contributed by atoms with Crippen LogP contribution in [0.3, 0.4) is 0 Å². The minimum Gasteiger partial charge on any atom is -0.462 e. The number of esters is 1. The van der Waals surface area contributed by atoms with Crippen LogP contribution in [0.15, 0.2) is 18.2 Å². The summed E-state index contributed by atoms with van der Waals surface area (Å²) >= 11 is 5.61. The molecule has 1 rings (SSSR count). The van der Waals surface area contributed by atoms with Crippen molar-refractivity contribution in [2.24, 2.45) is 0 Å². The van der Waals surface area contributed by atoms with Gasteiger partial charge in [0, 0.05) is 5.02 Å². The summed E-state index contributed by atoms with van der Waals surface area (Å²) in [5.74, 6) is -0.991. The molecule has 0 spiro atoms. The molecule has 20 heavy (non-hydrogen) atoms. The number of anilines is 1. The quantitative estimate of drug-likeness (QED) is 0.861. The van der Waals surface area contributed by atoms with Crippen LogP contribution in [0.25, 0.3) is 0 Å². The third kappa shape index (κ3) is 3.76. The van der Waals surface area contributed by atoms with E-state index in [1.807, 2.05) is 0 Å². The summed E-state index contributed by atoms with van der Waals surface area (Å²) in [6.45, 7) is 1.46. The van der Waals surface area contributed by atoms with E-state index >= 15 is 0 Å². The van der Waals surface area contributed by atoms with Crippen LogP contribution in [0.4, 0.5) is 18.9 Å². The van der Waals surface area contributed by atoms with Gasteiger partial charge in [-0.15, -0.1) is 0 Å². The molecule has 0 atom stereocenters. The fourth-order valence-corrected chi connectivity index (χ4v) is 1.94. The Morgan fingerprint density at radius 3 is 2.50 bits per heavy atom. The third-order valence-corrected chi connectivity index (χ3v) is 3.36. The maximum atomic E-state index is 12.3. The molecule has 0 radical (unpaired) electrons. The van der Waals surface area contributed by atoms with Gasteiger partial charge >= 0.3 is 21.5 Å². The summed E-state index contributed by atoms with van der Waals surface area (Å²) in [5.41, 5.74) is -6.48. The lowest BCUT2D eigenvalue weighted by molar-refractivity contribution is -0.0429. The topological polar surface area (TPSA) is 72.5 Å². The molecule has 5 nitrogen and oxygen atoms in total. The Morgan fingerprint density at radius 2 is 2.00 bits per heavy atom. The van der Waals surface area contributed by atoms with E-state index in [2.05, 4.69) is 4.74 Å². The molecule has 0 unspecified atom stereocenters. The van der Waals surface area contributed by atoms with Crippen molar-refractivity contribution in [2.75, 3.05) is 11.3 Å². The maximum Gasteiger partial charge on any atom is 0.516 e. The van der Waals surface area contributed by atoms with Crippen molar-refractivity contribution in [1.29, 1.82) is 0 Å². The smallest absolute Gasteiger partial charge is 0.462 e. The molecule has 0 aliphatic heterocycles. The van der Waals surface area contributed by atoms with Gasteiger partial charge in [0.05, 0.1) is 17.9 Å². The van der Waals surface area contributed by atoms with E-state index in [-0.39, 0.29) is 11.6 Å². The fourth-order valence-electron chi connectivity index (χ4n) is 1.19. The highest BCUT2D eigenvalue weighted by atomic mass is 35.5. The molecule has 1 N–H and O–H groups in total. The van der Waals surface area contributed by atoms with E-state index in [4.69, 9.17) is 11.6 Å². The van der Waals surface area contributed by atoms with Gasteiger partial charge in [-0.3, -0.25) is 4.72 Å². The second-order valence-corrected chi connectivity index (χ2v) is 5.57. The zero-order valence-corrected chi connectivity index (χ0v) is 11.6. The van der Waals surface area contributed by atoms with Crippen molar-refractivity contribution in [3.8, 4) is 0 Å². The second-order valence-electron chi connectivity index (χ2n) is 3.46. The lowest BCUT2D eigenvalue weighted by atomic mass is 10.2. The Balaban J connectivity index is 3.23. The average Bonchev–Trinajstić information content (AvgIpc) is 2.30. The van der Waals surface area contributed by atoms with Crippen LogP contribution in [0.1, 0.15) is 17.3 Å². The number of alkyl halides is 3. The standard InChI is InChI=1S/C10H9ClF3NO4S/c1-2-19-9(16)7-5-6(11)3-4-8(7)15-20(17,18)10(12,13)14/h3-5,15H,2H2,1H3. The van der Waals surface area contributed by atoms with Gasteiger partial charge in [-0.2, -0.15) is 21.6 Å². The highest BCUT2D eigenvalue weighted by molar-refractivity contribution is 7.93. The number of carbonyl (C=O) groups is 1. The Kier molecular flexibility index (Phi) is 4.87. The van der Waals surface area contributed by atoms with E-state index in [1.165, 1.54) is 11.6 Å². The van der Waals surface area contributed by atoms with Crippen molar-refractivity contribution >= 4 is 33.3 Å². The van der Waals surface area contributed by atoms with Crippen LogP contribution in [0, 0.1) is 0 Å². The summed E-state index contributed by atoms with van der Waals surface area (Å²) in [6, 6.07) is 3.09. The highest BCUT2D eigenvalue weighted by Crippen LogP contribution is 2.28. The van der Waals surface area contributed by atoms with Crippen LogP contribution in [0.2, 0.25) is 5.02 Å². The molecule has 112 valence electrons. The molecular weight excluding hydrogens is 323 g/mol. The molecule has 0 aliphatic rings. The van der Waals surface area contributed by atoms with Crippen LogP contribution in [0.5, 0.6) is 0 Å². The van der Waals surface area contributed by atoms with Gasteiger partial charge in [-0.25, -0.2) is 4.79 Å². The summed E-state index contributed by atoms with van der Waals surface area (Å²) in [6.07, 6.45) is 0. The van der Waals surface area contributed by atoms with Crippen LogP contribution in [-0.2, 0) is 14.8 Å². The summed E-state index contributed by atoms with van der Waals surface area (Å²) in [7, 11) is -5.64. The molecule has 0 amide bonds. The zero-order valence-electron chi connectivity index (χ0n) is 9.99. The predicted molar refractivity (Wildman–Crippen MR) is 66.0 cm³/mol. The molecule has 1 aromatic rings. The summed E-state index contributed by atoms with van der Waals surface area (Å²) in [5, 5.41) is 0.0445. The number of halogens is 4. The minimum atomic E-state index is -5.64. The van der Waals surface area contributed by atoms with E-state index in [1.54, 1.807) is 0 Å². The second kappa shape index (κ2) is 5.88. The first-order valence-corrected chi connectivity index (χ1v) is 7.00. The normalized spacial score (nSPS) is 12.1. The number of hydrogen-bond donors (Lipinski definition) is 1. The number of rotatable bonds is 4. The van der Waals surface area contributed by atoms with Crippen LogP contribution >= 0.6 is 11.6 Å². The maximum absolute atomic E-state index is 12.3. The van der Waals surface area contributed by atoms with Crippen LogP contribution in [-0.4, -0.2) is 26.5 Å². The van der Waals surface area contributed by atoms with Crippen molar-refractivity contribution in [3.63, 3.8) is 0 Å². The molecule has 0 heterocycles. The van der Waals surface area contributed by atoms with Crippen molar-refractivity contribution in [2.45, 2.75) is 12.4 Å². The molecule has 0 aliphatic carbocycles. The van der Waals surface area contributed by atoms with Gasteiger partial charge in [0.15, 0.2) is 0 Å². The lowest BCUT2D eigenvalue weighted by Gasteiger charge is -2.13. The number of nitrogens with one attached hydrogen (secondary N) is 1. The van der Waals surface area contributed by atoms with Crippen molar-refractivity contribution in [1.82, 2.24) is 0 Å². The van der Waals surface area contributed by atoms with Crippen molar-refractivity contribution in [3.05, 3.63) is 28.8 Å². The number of carbonyl (C=O) groups excluding carboxylic acids is 1. The van der Waals surface area contributed by atoms with Gasteiger partial charge < -0.3 is 4.74 Å². The van der Waals surface area contributed by atoms with Crippen molar-refractivity contribution < 1.29 is 31.1 Å². The number of sulfonamides is 1. The van der Waals surface area contributed by atoms with Gasteiger partial charge in [0.1, 0.15) is 0 Å². The molecule has 0 bridgehead atoms. The first-order chi connectivity index (χ1) is 9.08. The number of ether oxygens (including phenoxy) is 1. The Labute approximate surface area is 117 Å². The Bertz CT molecular complexity index is 615. The Hall–Kier alpha value is -1.48. The van der Waals surface area contributed by atoms with E-state index in [0.717, 1.165) is 18.2 Å². The fraction of sp³-hybridized carbons (Fsp3) is 0.300. The highest BCUT2D eigenvalue weighted by Gasteiger charge is 2.46. The molecule has 0 aromatic heterocycles. The van der Waals surface area contributed by atoms with Gasteiger partial charge in [0.2, 0.25) is 0 Å². The zero-order chi connectivity index (χ0) is 15.6. The molecule has 0 saturated heterocycles. The largest absolute Gasteiger partial charge is 0.516 e. The average molecular weight is 332 g/mol. The summed E-state index contributed by atoms with van der Waals surface area (Å²) < 4.78 is 64.8. The Morgan fingerprint density at radius 1 is 1.40 bits per heavy atom. The van der Waals surface area contributed by atoms with E-state index in [9.17, 15) is 26.4 Å². The van der Waals surface area contributed by atoms with Gasteiger partial charge in [-0.05, 0) is 25.1 Å². The molecule has 1 aromatic carbocycles. The van der Waals surface area contributed by atoms with Gasteiger partial charge in [-0.1, -0.05) is 11.6 Å². The van der Waals surface area contributed by atoms with E-state index in [0.29, 0.717) is 0 Å². The first-order valence-electron chi connectivity index (χ1n) is 5.14. The molecule has 0 fully saturated rings. The summed E-state index contributed by atoms with van der Waals surface area (Å²) in [4.78, 5) is 11.6. The van der Waals surface area contributed by atoms with Crippen LogP contribution < -0.4 is 4.72 Å². The molecular formula is C10H9ClF3NO4S. The third-order valence-electron chi connectivity index (χ3n) is 2.03. The molecule has 0 saturated carbocycles. The predicted octanol–water partition coefficient (Wildman–Crippen LogP) is 2.78. The first kappa shape index (κ1) is 16.6. The number of hydrogen-bond acceptors (Lipinski definition) is 4. The SMILES string of the molecule is CCOC(=O)c1cc(Cl)ccc1NS(=O)(=O)C(F)(F)F. The van der Waals surface area contributed by atoms with E-state index < -0.39 is 32.8 Å². The monoisotopic (exact) mass is 331 g/mol.